The van der Waals surface area contributed by atoms with Crippen LogP contribution >= 0.6 is 23.2 Å². The molecular formula is C4H2Cl2N2. The van der Waals surface area contributed by atoms with Crippen molar-refractivity contribution in [2.45, 2.75) is 0 Å². The summed E-state index contributed by atoms with van der Waals surface area (Å²) in [6, 6.07) is 1.48. The van der Waals surface area contributed by atoms with E-state index in [-0.39, 0.29) is 0 Å². The molecule has 0 amide bonds. The van der Waals surface area contributed by atoms with Crippen LogP contribution in [0.25, 0.3) is 0 Å². The van der Waals surface area contributed by atoms with E-state index >= 15 is 0 Å². The Bertz CT molecular complexity index is 172. The second kappa shape index (κ2) is 2.29. The van der Waals surface area contributed by atoms with Gasteiger partial charge in [-0.2, -0.15) is 0 Å². The first kappa shape index (κ1) is 5.79. The summed E-state index contributed by atoms with van der Waals surface area (Å²) in [5.74, 6) is 0. The van der Waals surface area contributed by atoms with Gasteiger partial charge in [-0.3, -0.25) is 0 Å². The highest BCUT2D eigenvalue weighted by Crippen LogP contribution is 2.07. The van der Waals surface area contributed by atoms with Crippen LogP contribution in [0.1, 0.15) is 0 Å². The van der Waals surface area contributed by atoms with Gasteiger partial charge in [-0.1, -0.05) is 23.2 Å². The normalized spacial score (nSPS) is 9.25. The third-order valence-electron chi connectivity index (χ3n) is 0.600. The Kier molecular flexibility index (Phi) is 1.65. The molecule has 0 fully saturated rings. The smallest absolute Gasteiger partial charge is 0.133 e. The topological polar surface area (TPSA) is 25.8 Å². The van der Waals surface area contributed by atoms with E-state index in [9.17, 15) is 0 Å². The molecule has 0 aliphatic carbocycles. The fourth-order valence-electron chi connectivity index (χ4n) is 0.312. The molecule has 0 aliphatic heterocycles. The first-order valence-electron chi connectivity index (χ1n) is 1.92. The quantitative estimate of drug-likeness (QED) is 0.529. The van der Waals surface area contributed by atoms with Crippen LogP contribution in [0, 0.1) is 0 Å². The van der Waals surface area contributed by atoms with Crippen LogP contribution in [0.3, 0.4) is 0 Å². The Morgan fingerprint density at radius 1 is 1.12 bits per heavy atom. The van der Waals surface area contributed by atoms with Crippen LogP contribution in [0.15, 0.2) is 12.4 Å². The maximum Gasteiger partial charge on any atom is 0.133 e. The van der Waals surface area contributed by atoms with Gasteiger partial charge in [-0.05, 0) is 0 Å². The first-order chi connectivity index (χ1) is 3.79. The molecule has 1 aromatic heterocycles. The molecule has 0 saturated carbocycles. The lowest BCUT2D eigenvalue weighted by molar-refractivity contribution is 1.17. The summed E-state index contributed by atoms with van der Waals surface area (Å²) >= 11 is 10.8. The SMILES string of the molecule is Cl[13c]1[13cH][13c](Cl)ncn1. The van der Waals surface area contributed by atoms with Crippen molar-refractivity contribution in [2.75, 3.05) is 0 Å². The third kappa shape index (κ3) is 1.32. The van der Waals surface area contributed by atoms with Gasteiger partial charge in [-0.25, -0.2) is 9.97 Å². The van der Waals surface area contributed by atoms with Crippen molar-refractivity contribution in [1.29, 1.82) is 0 Å². The van der Waals surface area contributed by atoms with Crippen LogP contribution in [0.2, 0.25) is 10.3 Å². The van der Waals surface area contributed by atoms with Crippen molar-refractivity contribution in [3.05, 3.63) is 22.7 Å². The summed E-state index contributed by atoms with van der Waals surface area (Å²) in [6.07, 6.45) is 1.31. The number of rotatable bonds is 0. The molecule has 4 heteroatoms. The van der Waals surface area contributed by atoms with Crippen molar-refractivity contribution in [2.24, 2.45) is 0 Å². The highest BCUT2D eigenvalue weighted by Gasteiger charge is 1.87. The molecule has 0 bridgehead atoms. The molecule has 1 heterocycles. The number of nitrogens with zero attached hydrogens (tertiary/aromatic N) is 2. The lowest BCUT2D eigenvalue weighted by atomic mass is 11.3. The Labute approximate surface area is 56.5 Å². The standard InChI is InChI=1S/C4H2Cl2N2/c5-3-1-4(6)8-2-7-3/h1-2H/i1+1,3+1,4+1. The van der Waals surface area contributed by atoms with E-state index in [4.69, 9.17) is 23.2 Å². The lowest BCUT2D eigenvalue weighted by Gasteiger charge is -1.85. The molecule has 42 valence electrons. The van der Waals surface area contributed by atoms with E-state index in [1.807, 2.05) is 0 Å². The molecule has 1 aromatic rings. The average Bonchev–Trinajstić information content (AvgIpc) is 1.64. The van der Waals surface area contributed by atoms with E-state index < -0.39 is 0 Å². The number of hydrogen-bond acceptors (Lipinski definition) is 2. The molecule has 0 saturated heterocycles. The predicted molar refractivity (Wildman–Crippen MR) is 32.1 cm³/mol. The van der Waals surface area contributed by atoms with E-state index in [1.54, 1.807) is 0 Å². The van der Waals surface area contributed by atoms with Gasteiger partial charge in [0.1, 0.15) is 16.6 Å². The minimum Gasteiger partial charge on any atom is -0.225 e. The van der Waals surface area contributed by atoms with E-state index in [2.05, 4.69) is 9.97 Å². The second-order valence-electron chi connectivity index (χ2n) is 1.16. The number of halogens is 2. The van der Waals surface area contributed by atoms with Crippen molar-refractivity contribution in [3.63, 3.8) is 0 Å². The average molecular weight is 152 g/mol. The van der Waals surface area contributed by atoms with Gasteiger partial charge < -0.3 is 0 Å². The molecule has 0 aliphatic rings. The van der Waals surface area contributed by atoms with Crippen LogP contribution in [0.5, 0.6) is 0 Å². The lowest BCUT2D eigenvalue weighted by Crippen LogP contribution is -1.76. The summed E-state index contributed by atoms with van der Waals surface area (Å²) in [4.78, 5) is 7.22. The summed E-state index contributed by atoms with van der Waals surface area (Å²) in [5, 5.41) is 0.731. The molecule has 2 nitrogen and oxygen atoms in total. The third-order valence-corrected chi connectivity index (χ3v) is 1.01. The maximum atomic E-state index is 5.41. The first-order valence-corrected chi connectivity index (χ1v) is 2.67. The van der Waals surface area contributed by atoms with Gasteiger partial charge in [0.15, 0.2) is 0 Å². The molecule has 8 heavy (non-hydrogen) atoms. The molecule has 1 rings (SSSR count). The fraction of sp³-hybridized carbons (Fsp3) is 0. The van der Waals surface area contributed by atoms with E-state index in [1.165, 1.54) is 12.4 Å². The Balaban J connectivity index is 3.08. The number of hydrogen-bond donors (Lipinski definition) is 0. The van der Waals surface area contributed by atoms with Gasteiger partial charge in [-0.15, -0.1) is 0 Å². The molecule has 0 unspecified atom stereocenters. The molecule has 0 spiro atoms. The summed E-state index contributed by atoms with van der Waals surface area (Å²) in [6.45, 7) is 0. The summed E-state index contributed by atoms with van der Waals surface area (Å²) in [5.41, 5.74) is 0. The Morgan fingerprint density at radius 3 is 1.88 bits per heavy atom. The monoisotopic (exact) mass is 151 g/mol. The van der Waals surface area contributed by atoms with Gasteiger partial charge in [0.2, 0.25) is 0 Å². The van der Waals surface area contributed by atoms with E-state index in [0.29, 0.717) is 10.3 Å². The second-order valence-corrected chi connectivity index (χ2v) is 1.94. The molecule has 0 radical (unpaired) electrons. The van der Waals surface area contributed by atoms with Gasteiger partial charge in [0, 0.05) is 6.07 Å². The Morgan fingerprint density at radius 2 is 1.62 bits per heavy atom. The van der Waals surface area contributed by atoms with Crippen molar-refractivity contribution in [3.8, 4) is 0 Å². The van der Waals surface area contributed by atoms with Gasteiger partial charge in [0.25, 0.3) is 0 Å². The highest BCUT2D eigenvalue weighted by atomic mass is 35.5. The minimum absolute atomic E-state index is 0.366. The molecular weight excluding hydrogens is 150 g/mol. The zero-order chi connectivity index (χ0) is 5.98. The zero-order valence-corrected chi connectivity index (χ0v) is 5.32. The van der Waals surface area contributed by atoms with Crippen LogP contribution in [-0.2, 0) is 0 Å². The highest BCUT2D eigenvalue weighted by molar-refractivity contribution is 6.33. The van der Waals surface area contributed by atoms with Crippen LogP contribution in [0.4, 0.5) is 0 Å². The van der Waals surface area contributed by atoms with E-state index in [0.717, 1.165) is 0 Å². The van der Waals surface area contributed by atoms with Gasteiger partial charge in [0.05, 0.1) is 0 Å². The minimum atomic E-state index is 0.366. The molecule has 0 aromatic carbocycles. The zero-order valence-electron chi connectivity index (χ0n) is 3.81. The van der Waals surface area contributed by atoms with Gasteiger partial charge >= 0.3 is 0 Å². The van der Waals surface area contributed by atoms with Crippen molar-refractivity contribution >= 4 is 23.2 Å². The van der Waals surface area contributed by atoms with Crippen molar-refractivity contribution < 1.29 is 0 Å². The fourth-order valence-corrected chi connectivity index (χ4v) is 0.662. The molecule has 0 atom stereocenters. The Hall–Kier alpha value is -0.340. The predicted octanol–water partition coefficient (Wildman–Crippen LogP) is 1.78. The van der Waals surface area contributed by atoms with Crippen LogP contribution < -0.4 is 0 Å². The largest absolute Gasteiger partial charge is 0.225 e. The number of aromatic nitrogens is 2. The summed E-state index contributed by atoms with van der Waals surface area (Å²) in [7, 11) is 0. The molecule has 0 N–H and O–H groups in total. The maximum absolute atomic E-state index is 5.41. The van der Waals surface area contributed by atoms with Crippen LogP contribution in [-0.4, -0.2) is 9.97 Å². The van der Waals surface area contributed by atoms with Crippen molar-refractivity contribution in [1.82, 2.24) is 9.97 Å². The summed E-state index contributed by atoms with van der Waals surface area (Å²) < 4.78 is 0.